The fourth-order valence-electron chi connectivity index (χ4n) is 2.91. The average molecular weight is 406 g/mol. The van der Waals surface area contributed by atoms with Crippen molar-refractivity contribution < 1.29 is 9.53 Å². The van der Waals surface area contributed by atoms with Gasteiger partial charge in [-0.15, -0.1) is 10.2 Å². The molecule has 1 fully saturated rings. The number of thioether (sulfide) groups is 1. The quantitative estimate of drug-likeness (QED) is 0.528. The molecule has 1 aliphatic rings. The standard InChI is InChI=1S/C20H27N3O2S2/c1-13(17(24)14-7-9-15(10-8-14)20(2,3)4)26-19-23-22-18(27-19)21-12-16-6-5-11-25-16/h7-10,13,16H,5-6,11-12H2,1-4H3,(H,21,22). The molecule has 5 nitrogen and oxygen atoms in total. The van der Waals surface area contributed by atoms with Crippen LogP contribution in [-0.2, 0) is 10.2 Å². The summed E-state index contributed by atoms with van der Waals surface area (Å²) in [5, 5.41) is 12.2. The van der Waals surface area contributed by atoms with E-state index in [-0.39, 0.29) is 22.6 Å². The van der Waals surface area contributed by atoms with Gasteiger partial charge in [-0.25, -0.2) is 0 Å². The highest BCUT2D eigenvalue weighted by Gasteiger charge is 2.21. The third kappa shape index (κ3) is 5.53. The molecule has 1 saturated heterocycles. The zero-order chi connectivity index (χ0) is 19.4. The Bertz CT molecular complexity index is 762. The summed E-state index contributed by atoms with van der Waals surface area (Å²) < 4.78 is 6.40. The molecule has 2 unspecified atom stereocenters. The van der Waals surface area contributed by atoms with E-state index in [9.17, 15) is 4.79 Å². The number of ketones is 1. The predicted octanol–water partition coefficient (Wildman–Crippen LogP) is 4.79. The van der Waals surface area contributed by atoms with E-state index in [1.165, 1.54) is 28.7 Å². The van der Waals surface area contributed by atoms with Crippen LogP contribution in [0.4, 0.5) is 5.13 Å². The van der Waals surface area contributed by atoms with Gasteiger partial charge < -0.3 is 10.1 Å². The number of hydrogen-bond acceptors (Lipinski definition) is 7. The highest BCUT2D eigenvalue weighted by atomic mass is 32.2. The Morgan fingerprint density at radius 3 is 2.70 bits per heavy atom. The van der Waals surface area contributed by atoms with Crippen molar-refractivity contribution >= 4 is 34.0 Å². The van der Waals surface area contributed by atoms with E-state index in [0.29, 0.717) is 0 Å². The fraction of sp³-hybridized carbons (Fsp3) is 0.550. The number of hydrogen-bond donors (Lipinski definition) is 1. The van der Waals surface area contributed by atoms with Gasteiger partial charge in [0.05, 0.1) is 11.4 Å². The van der Waals surface area contributed by atoms with Gasteiger partial charge >= 0.3 is 0 Å². The molecule has 0 spiro atoms. The number of aromatic nitrogens is 2. The minimum Gasteiger partial charge on any atom is -0.376 e. The summed E-state index contributed by atoms with van der Waals surface area (Å²) in [5.41, 5.74) is 2.05. The molecule has 0 saturated carbocycles. The summed E-state index contributed by atoms with van der Waals surface area (Å²) in [7, 11) is 0. The smallest absolute Gasteiger partial charge is 0.206 e. The lowest BCUT2D eigenvalue weighted by Gasteiger charge is -2.19. The molecule has 0 bridgehead atoms. The maximum atomic E-state index is 12.7. The molecule has 0 radical (unpaired) electrons. The van der Waals surface area contributed by atoms with Crippen LogP contribution >= 0.6 is 23.1 Å². The molecule has 2 atom stereocenters. The van der Waals surface area contributed by atoms with Gasteiger partial charge in [-0.2, -0.15) is 0 Å². The fourth-order valence-corrected chi connectivity index (χ4v) is 4.89. The van der Waals surface area contributed by atoms with Crippen molar-refractivity contribution in [3.05, 3.63) is 35.4 Å². The van der Waals surface area contributed by atoms with Gasteiger partial charge in [0.15, 0.2) is 10.1 Å². The van der Waals surface area contributed by atoms with E-state index in [4.69, 9.17) is 4.74 Å². The lowest BCUT2D eigenvalue weighted by molar-refractivity contribution is 0.0994. The van der Waals surface area contributed by atoms with Crippen LogP contribution < -0.4 is 5.32 Å². The second kappa shape index (κ2) is 8.71. The van der Waals surface area contributed by atoms with E-state index in [1.807, 2.05) is 31.2 Å². The molecule has 1 N–H and O–H groups in total. The van der Waals surface area contributed by atoms with Crippen LogP contribution in [0.5, 0.6) is 0 Å². The SMILES string of the molecule is CC(Sc1nnc(NCC2CCCO2)s1)C(=O)c1ccc(C(C)(C)C)cc1. The molecule has 3 rings (SSSR count). The molecule has 2 aromatic rings. The zero-order valence-corrected chi connectivity index (χ0v) is 18.0. The Balaban J connectivity index is 1.55. The van der Waals surface area contributed by atoms with Crippen molar-refractivity contribution in [3.8, 4) is 0 Å². The van der Waals surface area contributed by atoms with Crippen LogP contribution in [0, 0.1) is 0 Å². The zero-order valence-electron chi connectivity index (χ0n) is 16.3. The van der Waals surface area contributed by atoms with Gasteiger partial charge in [-0.05, 0) is 30.7 Å². The molecule has 0 aliphatic carbocycles. The van der Waals surface area contributed by atoms with E-state index < -0.39 is 0 Å². The molecule has 1 aromatic carbocycles. The summed E-state index contributed by atoms with van der Waals surface area (Å²) in [6.45, 7) is 10.0. The van der Waals surface area contributed by atoms with Crippen molar-refractivity contribution in [2.45, 2.75) is 61.6 Å². The number of ether oxygens (including phenoxy) is 1. The average Bonchev–Trinajstić information content (AvgIpc) is 3.30. The third-order valence-electron chi connectivity index (χ3n) is 4.59. The maximum Gasteiger partial charge on any atom is 0.206 e. The molecule has 2 heterocycles. The normalized spacial score (nSPS) is 18.4. The molecular formula is C20H27N3O2S2. The molecule has 0 amide bonds. The monoisotopic (exact) mass is 405 g/mol. The number of carbonyl (C=O) groups excluding carboxylic acids is 1. The molecule has 7 heteroatoms. The molecule has 146 valence electrons. The Hall–Kier alpha value is -1.44. The summed E-state index contributed by atoms with van der Waals surface area (Å²) >= 11 is 2.94. The van der Waals surface area contributed by atoms with E-state index in [1.54, 1.807) is 0 Å². The highest BCUT2D eigenvalue weighted by Crippen LogP contribution is 2.31. The predicted molar refractivity (Wildman–Crippen MR) is 112 cm³/mol. The Labute approximate surface area is 169 Å². The first-order valence-corrected chi connectivity index (χ1v) is 11.0. The van der Waals surface area contributed by atoms with Crippen LogP contribution in [0.1, 0.15) is 56.5 Å². The number of carbonyl (C=O) groups is 1. The minimum absolute atomic E-state index is 0.0848. The lowest BCUT2D eigenvalue weighted by Crippen LogP contribution is -2.18. The van der Waals surface area contributed by atoms with Gasteiger partial charge in [0.1, 0.15) is 0 Å². The number of rotatable bonds is 7. The number of nitrogens with one attached hydrogen (secondary N) is 1. The summed E-state index contributed by atoms with van der Waals surface area (Å²) in [6, 6.07) is 7.94. The van der Waals surface area contributed by atoms with Crippen LogP contribution in [0.25, 0.3) is 0 Å². The maximum absolute atomic E-state index is 12.7. The number of anilines is 1. The Morgan fingerprint density at radius 1 is 1.33 bits per heavy atom. The lowest BCUT2D eigenvalue weighted by atomic mass is 9.86. The van der Waals surface area contributed by atoms with E-state index in [0.717, 1.165) is 41.0 Å². The first-order chi connectivity index (χ1) is 12.8. The van der Waals surface area contributed by atoms with E-state index in [2.05, 4.69) is 36.3 Å². The van der Waals surface area contributed by atoms with Gasteiger partial charge in [-0.1, -0.05) is 68.1 Å². The second-order valence-electron chi connectivity index (χ2n) is 7.84. The van der Waals surface area contributed by atoms with Gasteiger partial charge in [-0.3, -0.25) is 4.79 Å². The highest BCUT2D eigenvalue weighted by molar-refractivity contribution is 8.02. The largest absolute Gasteiger partial charge is 0.376 e. The second-order valence-corrected chi connectivity index (χ2v) is 10.4. The van der Waals surface area contributed by atoms with Crippen molar-refractivity contribution in [2.24, 2.45) is 0 Å². The van der Waals surface area contributed by atoms with Crippen LogP contribution in [-0.4, -0.2) is 40.5 Å². The first kappa shape index (κ1) is 20.3. The van der Waals surface area contributed by atoms with Crippen molar-refractivity contribution in [3.63, 3.8) is 0 Å². The summed E-state index contributed by atoms with van der Waals surface area (Å²) in [6.07, 6.45) is 2.48. The van der Waals surface area contributed by atoms with Gasteiger partial charge in [0, 0.05) is 18.7 Å². The summed E-state index contributed by atoms with van der Waals surface area (Å²) in [5.74, 6) is 0.115. The Kier molecular flexibility index (Phi) is 6.55. The molecular weight excluding hydrogens is 378 g/mol. The van der Waals surface area contributed by atoms with Crippen molar-refractivity contribution in [1.82, 2.24) is 10.2 Å². The van der Waals surface area contributed by atoms with Crippen LogP contribution in [0.15, 0.2) is 28.6 Å². The number of Topliss-reactive ketones (excluding diaryl/α,β-unsaturated/α-hetero) is 1. The van der Waals surface area contributed by atoms with Crippen LogP contribution in [0.3, 0.4) is 0 Å². The molecule has 1 aromatic heterocycles. The van der Waals surface area contributed by atoms with Crippen molar-refractivity contribution in [2.75, 3.05) is 18.5 Å². The summed E-state index contributed by atoms with van der Waals surface area (Å²) in [4.78, 5) is 12.7. The van der Waals surface area contributed by atoms with E-state index >= 15 is 0 Å². The van der Waals surface area contributed by atoms with Gasteiger partial charge in [0.2, 0.25) is 5.13 Å². The third-order valence-corrected chi connectivity index (χ3v) is 6.66. The molecule has 27 heavy (non-hydrogen) atoms. The number of nitrogens with zero attached hydrogens (tertiary/aromatic N) is 2. The topological polar surface area (TPSA) is 64.1 Å². The minimum atomic E-state index is -0.204. The van der Waals surface area contributed by atoms with Gasteiger partial charge in [0.25, 0.3) is 0 Å². The Morgan fingerprint density at radius 2 is 2.07 bits per heavy atom. The first-order valence-electron chi connectivity index (χ1n) is 9.33. The van der Waals surface area contributed by atoms with Crippen molar-refractivity contribution in [1.29, 1.82) is 0 Å². The van der Waals surface area contributed by atoms with Crippen LogP contribution in [0.2, 0.25) is 0 Å². The molecule has 1 aliphatic heterocycles. The number of benzene rings is 1.